The summed E-state index contributed by atoms with van der Waals surface area (Å²) in [6.07, 6.45) is 4.88. The molecule has 25 heavy (non-hydrogen) atoms. The molecule has 0 aromatic heterocycles. The molecule has 1 unspecified atom stereocenters. The van der Waals surface area contributed by atoms with Gasteiger partial charge in [0.15, 0.2) is 0 Å². The van der Waals surface area contributed by atoms with Gasteiger partial charge in [0.05, 0.1) is 0 Å². The predicted octanol–water partition coefficient (Wildman–Crippen LogP) is 4.72. The average molecular weight is 334 g/mol. The fourth-order valence-electron chi connectivity index (χ4n) is 4.01. The van der Waals surface area contributed by atoms with E-state index in [1.165, 1.54) is 0 Å². The van der Waals surface area contributed by atoms with Gasteiger partial charge < -0.3 is 9.47 Å². The standard InChI is InChI=1S/C22H22O3/c1-15-12-19-17(13-18(15)24-14-16-8-5-4-6-9-16)22(20(23)25-19)11-7-10-21(22,2)3/h4-10,12-13H,11,14H2,1-3H3. The molecule has 0 bridgehead atoms. The molecule has 0 amide bonds. The van der Waals surface area contributed by atoms with E-state index in [0.29, 0.717) is 18.8 Å². The molecule has 1 atom stereocenters. The van der Waals surface area contributed by atoms with Crippen LogP contribution >= 0.6 is 0 Å². The molecule has 0 saturated heterocycles. The average Bonchev–Trinajstić information content (AvgIpc) is 3.04. The van der Waals surface area contributed by atoms with Crippen molar-refractivity contribution in [3.63, 3.8) is 0 Å². The Labute approximate surface area is 148 Å². The molecule has 0 saturated carbocycles. The number of hydrogen-bond donors (Lipinski definition) is 0. The highest BCUT2D eigenvalue weighted by molar-refractivity contribution is 5.93. The summed E-state index contributed by atoms with van der Waals surface area (Å²) < 4.78 is 11.7. The number of rotatable bonds is 3. The fraction of sp³-hybridized carbons (Fsp3) is 0.318. The van der Waals surface area contributed by atoms with Crippen LogP contribution in [-0.2, 0) is 16.8 Å². The number of fused-ring (bicyclic) bond motifs is 2. The van der Waals surface area contributed by atoms with Crippen molar-refractivity contribution < 1.29 is 14.3 Å². The molecule has 1 spiro atoms. The summed E-state index contributed by atoms with van der Waals surface area (Å²) in [5.74, 6) is 1.33. The molecule has 2 aromatic carbocycles. The van der Waals surface area contributed by atoms with E-state index in [4.69, 9.17) is 9.47 Å². The first kappa shape index (κ1) is 15.9. The Bertz CT molecular complexity index is 864. The molecule has 2 aromatic rings. The fourth-order valence-corrected chi connectivity index (χ4v) is 4.01. The molecular weight excluding hydrogens is 312 g/mol. The van der Waals surface area contributed by atoms with E-state index in [-0.39, 0.29) is 11.4 Å². The number of allylic oxidation sites excluding steroid dienone is 2. The van der Waals surface area contributed by atoms with Crippen molar-refractivity contribution in [2.24, 2.45) is 5.41 Å². The third-order valence-corrected chi connectivity index (χ3v) is 5.58. The molecular formula is C22H22O3. The summed E-state index contributed by atoms with van der Waals surface area (Å²) in [6.45, 7) is 6.68. The number of aryl methyl sites for hydroxylation is 1. The number of ether oxygens (including phenoxy) is 2. The van der Waals surface area contributed by atoms with Gasteiger partial charge in [0.1, 0.15) is 23.5 Å². The third kappa shape index (κ3) is 2.30. The van der Waals surface area contributed by atoms with Gasteiger partial charge in [-0.05, 0) is 36.6 Å². The van der Waals surface area contributed by atoms with Crippen LogP contribution in [0.2, 0.25) is 0 Å². The van der Waals surface area contributed by atoms with Crippen LogP contribution in [0.3, 0.4) is 0 Å². The van der Waals surface area contributed by atoms with Crippen LogP contribution < -0.4 is 9.47 Å². The second kappa shape index (κ2) is 5.48. The molecule has 1 aliphatic carbocycles. The van der Waals surface area contributed by atoms with E-state index in [1.54, 1.807) is 0 Å². The van der Waals surface area contributed by atoms with Crippen molar-refractivity contribution in [1.82, 2.24) is 0 Å². The van der Waals surface area contributed by atoms with Crippen LogP contribution in [-0.4, -0.2) is 5.97 Å². The van der Waals surface area contributed by atoms with Crippen molar-refractivity contribution in [2.75, 3.05) is 0 Å². The first-order valence-corrected chi connectivity index (χ1v) is 8.66. The van der Waals surface area contributed by atoms with Crippen LogP contribution in [0.1, 0.15) is 37.0 Å². The summed E-state index contributed by atoms with van der Waals surface area (Å²) in [5, 5.41) is 0. The van der Waals surface area contributed by atoms with Crippen molar-refractivity contribution >= 4 is 5.97 Å². The van der Waals surface area contributed by atoms with Gasteiger partial charge in [0.25, 0.3) is 0 Å². The molecule has 128 valence electrons. The molecule has 1 aliphatic heterocycles. The Balaban J connectivity index is 1.71. The van der Waals surface area contributed by atoms with E-state index in [2.05, 4.69) is 26.0 Å². The monoisotopic (exact) mass is 334 g/mol. The lowest BCUT2D eigenvalue weighted by atomic mass is 9.64. The minimum atomic E-state index is -0.638. The predicted molar refractivity (Wildman–Crippen MR) is 96.8 cm³/mol. The van der Waals surface area contributed by atoms with Crippen molar-refractivity contribution in [3.05, 3.63) is 71.3 Å². The Kier molecular flexibility index (Phi) is 3.50. The molecule has 0 fully saturated rings. The maximum Gasteiger partial charge on any atom is 0.323 e. The number of esters is 1. The second-order valence-electron chi connectivity index (χ2n) is 7.51. The number of carbonyl (C=O) groups is 1. The highest BCUT2D eigenvalue weighted by Crippen LogP contribution is 2.57. The zero-order chi connectivity index (χ0) is 17.7. The van der Waals surface area contributed by atoms with Crippen LogP contribution in [0.15, 0.2) is 54.6 Å². The minimum Gasteiger partial charge on any atom is -0.489 e. The van der Waals surface area contributed by atoms with Gasteiger partial charge in [-0.15, -0.1) is 0 Å². The largest absolute Gasteiger partial charge is 0.489 e. The lowest BCUT2D eigenvalue weighted by Crippen LogP contribution is -2.43. The second-order valence-corrected chi connectivity index (χ2v) is 7.51. The van der Waals surface area contributed by atoms with Crippen LogP contribution in [0, 0.1) is 12.3 Å². The van der Waals surface area contributed by atoms with Gasteiger partial charge in [0, 0.05) is 11.0 Å². The van der Waals surface area contributed by atoms with E-state index < -0.39 is 5.41 Å². The molecule has 4 rings (SSSR count). The Morgan fingerprint density at radius 1 is 1.16 bits per heavy atom. The summed E-state index contributed by atoms with van der Waals surface area (Å²) in [4.78, 5) is 12.8. The van der Waals surface area contributed by atoms with E-state index in [0.717, 1.165) is 22.4 Å². The Hall–Kier alpha value is -2.55. The van der Waals surface area contributed by atoms with Gasteiger partial charge in [0.2, 0.25) is 0 Å². The van der Waals surface area contributed by atoms with Crippen molar-refractivity contribution in [1.29, 1.82) is 0 Å². The summed E-state index contributed by atoms with van der Waals surface area (Å²) in [7, 11) is 0. The quantitative estimate of drug-likeness (QED) is 0.463. The highest BCUT2D eigenvalue weighted by Gasteiger charge is 2.59. The molecule has 3 heteroatoms. The van der Waals surface area contributed by atoms with Gasteiger partial charge in [-0.2, -0.15) is 0 Å². The number of benzene rings is 2. The van der Waals surface area contributed by atoms with E-state index in [1.807, 2.05) is 49.4 Å². The van der Waals surface area contributed by atoms with Crippen molar-refractivity contribution in [3.8, 4) is 11.5 Å². The number of hydrogen-bond acceptors (Lipinski definition) is 3. The zero-order valence-corrected chi connectivity index (χ0v) is 14.8. The highest BCUT2D eigenvalue weighted by atomic mass is 16.5. The molecule has 0 radical (unpaired) electrons. The molecule has 0 N–H and O–H groups in total. The van der Waals surface area contributed by atoms with Crippen LogP contribution in [0.4, 0.5) is 0 Å². The Morgan fingerprint density at radius 2 is 1.92 bits per heavy atom. The van der Waals surface area contributed by atoms with Crippen molar-refractivity contribution in [2.45, 2.75) is 39.2 Å². The van der Waals surface area contributed by atoms with Gasteiger partial charge >= 0.3 is 5.97 Å². The lowest BCUT2D eigenvalue weighted by molar-refractivity contribution is -0.141. The molecule has 3 nitrogen and oxygen atoms in total. The zero-order valence-electron chi connectivity index (χ0n) is 14.8. The van der Waals surface area contributed by atoms with Gasteiger partial charge in [-0.3, -0.25) is 4.79 Å². The maximum absolute atomic E-state index is 12.8. The Morgan fingerprint density at radius 3 is 2.60 bits per heavy atom. The first-order valence-electron chi connectivity index (χ1n) is 8.66. The van der Waals surface area contributed by atoms with Gasteiger partial charge in [-0.1, -0.05) is 56.3 Å². The van der Waals surface area contributed by atoms with Gasteiger partial charge in [-0.25, -0.2) is 0 Å². The van der Waals surface area contributed by atoms with E-state index in [9.17, 15) is 4.79 Å². The van der Waals surface area contributed by atoms with Crippen LogP contribution in [0.5, 0.6) is 11.5 Å². The summed E-state index contributed by atoms with van der Waals surface area (Å²) in [6, 6.07) is 14.0. The SMILES string of the molecule is Cc1cc2c(cc1OCc1ccccc1)C1(CC=CC1(C)C)C(=O)O2. The smallest absolute Gasteiger partial charge is 0.323 e. The third-order valence-electron chi connectivity index (χ3n) is 5.58. The molecule has 2 aliphatic rings. The van der Waals surface area contributed by atoms with Crippen LogP contribution in [0.25, 0.3) is 0 Å². The summed E-state index contributed by atoms with van der Waals surface area (Å²) >= 11 is 0. The minimum absolute atomic E-state index is 0.155. The number of carbonyl (C=O) groups excluding carboxylic acids is 1. The topological polar surface area (TPSA) is 35.5 Å². The van der Waals surface area contributed by atoms with E-state index >= 15 is 0 Å². The summed E-state index contributed by atoms with van der Waals surface area (Å²) in [5.41, 5.74) is 2.12. The molecule has 1 heterocycles. The first-order chi connectivity index (χ1) is 11.9. The normalized spacial score (nSPS) is 22.9. The lowest BCUT2D eigenvalue weighted by Gasteiger charge is -2.34. The maximum atomic E-state index is 12.8.